The SMILES string of the molecule is CC(C)C[C@@H]1NC(=O)[C@@H](N(C)C(=O)[C@@H](NC(=O)[C@@H]2C[C@@H](F)CN2C(=O)C2(C(F)(F)F)CC(F)C2)C2CC2)CCCCNC(=O)C(C)(C)NC(=O)[C@H](Cc2cc(Cl)ccc2Cl)N(C)C1=O. The summed E-state index contributed by atoms with van der Waals surface area (Å²) >= 11 is 12.8. The highest BCUT2D eigenvalue weighted by atomic mass is 35.5. The van der Waals surface area contributed by atoms with Crippen LogP contribution in [0, 0.1) is 17.3 Å². The summed E-state index contributed by atoms with van der Waals surface area (Å²) in [4.78, 5) is 101. The summed E-state index contributed by atoms with van der Waals surface area (Å²) in [6.07, 6.45) is -10.3. The Morgan fingerprint density at radius 2 is 1.64 bits per heavy atom. The molecule has 356 valence electrons. The first-order valence-electron chi connectivity index (χ1n) is 21.6. The molecule has 2 saturated carbocycles. The second kappa shape index (κ2) is 20.1. The molecular weight excluding hydrogens is 892 g/mol. The average Bonchev–Trinajstić information content (AvgIpc) is 3.96. The monoisotopic (exact) mass is 949 g/mol. The topological polar surface area (TPSA) is 177 Å². The van der Waals surface area contributed by atoms with Crippen molar-refractivity contribution < 1.29 is 55.5 Å². The predicted molar refractivity (Wildman–Crippen MR) is 226 cm³/mol. The van der Waals surface area contributed by atoms with Crippen LogP contribution in [-0.4, -0.2) is 138 Å². The van der Waals surface area contributed by atoms with Gasteiger partial charge in [-0.15, -0.1) is 0 Å². The third-order valence-electron chi connectivity index (χ3n) is 12.7. The number of nitrogens with zero attached hydrogens (tertiary/aromatic N) is 3. The standard InChI is InChI=1S/C43H58Cl2F5N7O7/c1-22(2)15-29-37(61)56(6)31(17-24-16-25(44)12-13-28(24)45)36(60)54-41(3,4)39(63)51-14-8-7-9-30(34(58)52-29)55(5)38(62)33(23-10-11-23)53-35(59)32-18-26(46)21-57(32)40(64)42(43(48,49)50)19-27(47)20-42/h12-13,16,22-23,26-27,29-33H,7-11,14-15,17-21H2,1-6H3,(H,51,63)(H,52,58)(H,53,59)(H,54,60)/t26-,27?,29+,30+,31+,32+,33+,42?/m1/s1. The third-order valence-corrected chi connectivity index (χ3v) is 13.3. The number of rotatable bonds is 10. The van der Waals surface area contributed by atoms with E-state index >= 15 is 0 Å². The van der Waals surface area contributed by atoms with Gasteiger partial charge in [0, 0.05) is 56.4 Å². The number of amides is 7. The first kappa shape index (κ1) is 50.7. The van der Waals surface area contributed by atoms with Gasteiger partial charge in [0.15, 0.2) is 0 Å². The molecule has 2 heterocycles. The van der Waals surface area contributed by atoms with Gasteiger partial charge in [-0.1, -0.05) is 37.0 Å². The van der Waals surface area contributed by atoms with E-state index in [0.29, 0.717) is 34.7 Å². The van der Waals surface area contributed by atoms with Crippen molar-refractivity contribution in [2.75, 3.05) is 27.2 Å². The van der Waals surface area contributed by atoms with Crippen LogP contribution in [0.25, 0.3) is 0 Å². The number of benzene rings is 1. The maximum atomic E-state index is 14.8. The highest BCUT2D eigenvalue weighted by Crippen LogP contribution is 2.56. The van der Waals surface area contributed by atoms with Crippen molar-refractivity contribution in [3.05, 3.63) is 33.8 Å². The number of carbonyl (C=O) groups excluding carboxylic acids is 7. The van der Waals surface area contributed by atoms with Gasteiger partial charge in [0.25, 0.3) is 0 Å². The number of likely N-dealkylation sites (N-methyl/N-ethyl adjacent to an activating group) is 2. The van der Waals surface area contributed by atoms with Crippen LogP contribution in [-0.2, 0) is 40.0 Å². The summed E-state index contributed by atoms with van der Waals surface area (Å²) in [6.45, 7) is 5.96. The van der Waals surface area contributed by atoms with Crippen LogP contribution in [0.15, 0.2) is 18.2 Å². The zero-order chi connectivity index (χ0) is 47.6. The number of hydrogen-bond acceptors (Lipinski definition) is 7. The highest BCUT2D eigenvalue weighted by Gasteiger charge is 2.69. The lowest BCUT2D eigenvalue weighted by molar-refractivity contribution is -0.260. The Morgan fingerprint density at radius 3 is 2.23 bits per heavy atom. The van der Waals surface area contributed by atoms with E-state index in [9.17, 15) is 55.5 Å². The van der Waals surface area contributed by atoms with Crippen molar-refractivity contribution in [2.45, 2.75) is 146 Å². The second-order valence-corrected chi connectivity index (χ2v) is 19.5. The molecule has 2 saturated heterocycles. The molecule has 5 rings (SSSR count). The normalized spacial score (nSPS) is 29.0. The highest BCUT2D eigenvalue weighted by molar-refractivity contribution is 6.33. The minimum absolute atomic E-state index is 0.0211. The first-order valence-corrected chi connectivity index (χ1v) is 22.4. The van der Waals surface area contributed by atoms with Gasteiger partial charge < -0.3 is 36.0 Å². The molecule has 0 radical (unpaired) electrons. The van der Waals surface area contributed by atoms with Crippen LogP contribution in [0.1, 0.15) is 91.0 Å². The van der Waals surface area contributed by atoms with E-state index in [1.54, 1.807) is 18.2 Å². The van der Waals surface area contributed by atoms with Crippen molar-refractivity contribution in [2.24, 2.45) is 17.3 Å². The molecular formula is C43H58Cl2F5N7O7. The second-order valence-electron chi connectivity index (χ2n) is 18.6. The molecule has 0 unspecified atom stereocenters. The number of alkyl halides is 5. The van der Waals surface area contributed by atoms with Crippen LogP contribution in [0.4, 0.5) is 22.0 Å². The van der Waals surface area contributed by atoms with E-state index < -0.39 is 133 Å². The Bertz CT molecular complexity index is 1960. The lowest BCUT2D eigenvalue weighted by Crippen LogP contribution is -2.63. The predicted octanol–water partition coefficient (Wildman–Crippen LogP) is 4.43. The van der Waals surface area contributed by atoms with Crippen molar-refractivity contribution in [1.82, 2.24) is 36.0 Å². The number of hydrogen-bond donors (Lipinski definition) is 4. The Balaban J connectivity index is 1.42. The van der Waals surface area contributed by atoms with Gasteiger partial charge >= 0.3 is 6.18 Å². The molecule has 0 bridgehead atoms. The van der Waals surface area contributed by atoms with Crippen LogP contribution >= 0.6 is 23.2 Å². The molecule has 1 aromatic carbocycles. The molecule has 7 amide bonds. The van der Waals surface area contributed by atoms with Gasteiger partial charge in [0.05, 0.1) is 6.54 Å². The fourth-order valence-corrected chi connectivity index (χ4v) is 9.09. The van der Waals surface area contributed by atoms with Gasteiger partial charge in [0.2, 0.25) is 41.4 Å². The van der Waals surface area contributed by atoms with Crippen molar-refractivity contribution in [3.63, 3.8) is 0 Å². The summed E-state index contributed by atoms with van der Waals surface area (Å²) in [6, 6.07) is -2.13. The maximum Gasteiger partial charge on any atom is 0.403 e. The first-order chi connectivity index (χ1) is 29.8. The van der Waals surface area contributed by atoms with Gasteiger partial charge in [-0.2, -0.15) is 13.2 Å². The minimum Gasteiger partial charge on any atom is -0.354 e. The number of likely N-dealkylation sites (tertiary alicyclic amines) is 1. The maximum absolute atomic E-state index is 14.8. The van der Waals surface area contributed by atoms with Gasteiger partial charge in [-0.05, 0) is 88.0 Å². The quantitative estimate of drug-likeness (QED) is 0.251. The van der Waals surface area contributed by atoms with Crippen molar-refractivity contribution >= 4 is 64.6 Å². The van der Waals surface area contributed by atoms with E-state index in [1.165, 1.54) is 32.8 Å². The van der Waals surface area contributed by atoms with Crippen molar-refractivity contribution in [1.29, 1.82) is 0 Å². The molecule has 4 N–H and O–H groups in total. The average molecular weight is 951 g/mol. The number of nitrogens with one attached hydrogen (secondary N) is 4. The van der Waals surface area contributed by atoms with E-state index in [2.05, 4.69) is 21.3 Å². The van der Waals surface area contributed by atoms with Crippen LogP contribution < -0.4 is 21.3 Å². The molecule has 1 aromatic rings. The summed E-state index contributed by atoms with van der Waals surface area (Å²) < 4.78 is 71.2. The summed E-state index contributed by atoms with van der Waals surface area (Å²) in [5.41, 5.74) is -4.11. The van der Waals surface area contributed by atoms with E-state index in [4.69, 9.17) is 23.2 Å². The fourth-order valence-electron chi connectivity index (χ4n) is 8.70. The third kappa shape index (κ3) is 11.4. The fraction of sp³-hybridized carbons (Fsp3) is 0.698. The molecule has 14 nitrogen and oxygen atoms in total. The zero-order valence-corrected chi connectivity index (χ0v) is 38.3. The van der Waals surface area contributed by atoms with Crippen LogP contribution in [0.3, 0.4) is 0 Å². The Hall–Kier alpha value is -4.26. The summed E-state index contributed by atoms with van der Waals surface area (Å²) in [7, 11) is 2.71. The summed E-state index contributed by atoms with van der Waals surface area (Å²) in [5.74, 6) is -6.66. The van der Waals surface area contributed by atoms with E-state index in [-0.39, 0.29) is 43.2 Å². The minimum atomic E-state index is -5.15. The Labute approximate surface area is 379 Å². The summed E-state index contributed by atoms with van der Waals surface area (Å²) in [5, 5.41) is 11.5. The van der Waals surface area contributed by atoms with Gasteiger partial charge in [-0.25, -0.2) is 8.78 Å². The van der Waals surface area contributed by atoms with E-state index in [1.807, 2.05) is 13.8 Å². The largest absolute Gasteiger partial charge is 0.403 e. The molecule has 0 spiro atoms. The molecule has 2 aliphatic carbocycles. The van der Waals surface area contributed by atoms with Crippen molar-refractivity contribution in [3.8, 4) is 0 Å². The number of halogens is 7. The molecule has 0 aromatic heterocycles. The molecule has 6 atom stereocenters. The zero-order valence-electron chi connectivity index (χ0n) is 36.8. The lowest BCUT2D eigenvalue weighted by atomic mass is 9.65. The molecule has 21 heteroatoms. The molecule has 4 fully saturated rings. The smallest absolute Gasteiger partial charge is 0.354 e. The molecule has 2 aliphatic heterocycles. The number of carbonyl (C=O) groups is 7. The Kier molecular flexibility index (Phi) is 15.9. The molecule has 4 aliphatic rings. The van der Waals surface area contributed by atoms with Gasteiger partial charge in [0.1, 0.15) is 53.5 Å². The van der Waals surface area contributed by atoms with Crippen LogP contribution in [0.2, 0.25) is 10.0 Å². The van der Waals surface area contributed by atoms with Gasteiger partial charge in [-0.3, -0.25) is 33.6 Å². The van der Waals surface area contributed by atoms with Crippen LogP contribution in [0.5, 0.6) is 0 Å². The lowest BCUT2D eigenvalue weighted by Gasteiger charge is -2.46. The van der Waals surface area contributed by atoms with E-state index in [0.717, 1.165) is 4.90 Å². The Morgan fingerprint density at radius 1 is 0.984 bits per heavy atom. The molecule has 64 heavy (non-hydrogen) atoms.